The number of hydrogen-bond acceptors (Lipinski definition) is 5. The lowest BCUT2D eigenvalue weighted by atomic mass is 10.2. The smallest absolute Gasteiger partial charge is 0.233 e. The van der Waals surface area contributed by atoms with Crippen molar-refractivity contribution in [2.45, 2.75) is 19.4 Å². The largest absolute Gasteiger partial charge is 0.356 e. The Labute approximate surface area is 170 Å². The Bertz CT molecular complexity index is 916. The van der Waals surface area contributed by atoms with Gasteiger partial charge in [0.1, 0.15) is 0 Å². The van der Waals surface area contributed by atoms with Gasteiger partial charge in [0.15, 0.2) is 0 Å². The van der Waals surface area contributed by atoms with Crippen molar-refractivity contribution in [3.05, 3.63) is 71.4 Å². The van der Waals surface area contributed by atoms with E-state index >= 15 is 0 Å². The van der Waals surface area contributed by atoms with Crippen LogP contribution >= 0.6 is 0 Å². The molecule has 2 rings (SSSR count). The molecular weight excluding hydrogens is 392 g/mol. The molecule has 0 unspecified atom stereocenters. The number of sulfonamides is 1. The Morgan fingerprint density at radius 3 is 2.28 bits per heavy atom. The molecule has 0 bridgehead atoms. The van der Waals surface area contributed by atoms with Crippen LogP contribution in [0.2, 0.25) is 0 Å². The van der Waals surface area contributed by atoms with Gasteiger partial charge >= 0.3 is 0 Å². The monoisotopic (exact) mass is 416 g/mol. The van der Waals surface area contributed by atoms with Crippen molar-refractivity contribution < 1.29 is 18.0 Å². The summed E-state index contributed by atoms with van der Waals surface area (Å²) in [5.41, 5.74) is 1.70. The molecular formula is C20H24N4O4S. The van der Waals surface area contributed by atoms with E-state index in [0.717, 1.165) is 16.5 Å². The predicted molar refractivity (Wildman–Crippen MR) is 111 cm³/mol. The van der Waals surface area contributed by atoms with Crippen LogP contribution in [0.15, 0.2) is 60.3 Å². The average molecular weight is 417 g/mol. The molecule has 29 heavy (non-hydrogen) atoms. The highest BCUT2D eigenvalue weighted by Gasteiger charge is 2.08. The number of benzene rings is 1. The van der Waals surface area contributed by atoms with Gasteiger partial charge in [0.25, 0.3) is 0 Å². The lowest BCUT2D eigenvalue weighted by molar-refractivity contribution is -0.122. The highest BCUT2D eigenvalue weighted by molar-refractivity contribution is 7.92. The second kappa shape index (κ2) is 11.7. The zero-order valence-electron chi connectivity index (χ0n) is 15.9. The van der Waals surface area contributed by atoms with Crippen molar-refractivity contribution in [3.8, 4) is 0 Å². The molecule has 2 amide bonds. The molecule has 1 aromatic carbocycles. The van der Waals surface area contributed by atoms with Gasteiger partial charge in [-0.1, -0.05) is 30.3 Å². The first-order valence-electron chi connectivity index (χ1n) is 9.10. The van der Waals surface area contributed by atoms with Crippen molar-refractivity contribution in [3.63, 3.8) is 0 Å². The quantitative estimate of drug-likeness (QED) is 0.509. The maximum atomic E-state index is 11.9. The molecule has 2 aromatic rings. The number of hydrogen-bond donors (Lipinski definition) is 3. The zero-order chi connectivity index (χ0) is 21.0. The van der Waals surface area contributed by atoms with Crippen molar-refractivity contribution >= 4 is 27.9 Å². The van der Waals surface area contributed by atoms with Gasteiger partial charge in [-0.25, -0.2) is 13.1 Å². The van der Waals surface area contributed by atoms with E-state index in [0.29, 0.717) is 6.54 Å². The molecule has 9 heteroatoms. The topological polar surface area (TPSA) is 117 Å². The number of nitrogens with zero attached hydrogens (tertiary/aromatic N) is 1. The molecule has 0 saturated carbocycles. The molecule has 0 atom stereocenters. The van der Waals surface area contributed by atoms with Crippen molar-refractivity contribution in [2.24, 2.45) is 0 Å². The van der Waals surface area contributed by atoms with Crippen molar-refractivity contribution in [2.75, 3.05) is 13.1 Å². The van der Waals surface area contributed by atoms with Gasteiger partial charge in [0.05, 0.1) is 0 Å². The number of pyridine rings is 1. The second-order valence-corrected chi connectivity index (χ2v) is 7.79. The van der Waals surface area contributed by atoms with Crippen molar-refractivity contribution in [1.29, 1.82) is 0 Å². The summed E-state index contributed by atoms with van der Waals surface area (Å²) >= 11 is 0. The third kappa shape index (κ3) is 9.63. The Balaban J connectivity index is 1.59. The minimum absolute atomic E-state index is 0.0168. The average Bonchev–Trinajstić information content (AvgIpc) is 2.72. The molecule has 0 aliphatic heterocycles. The van der Waals surface area contributed by atoms with Crippen LogP contribution in [-0.2, 0) is 26.2 Å². The van der Waals surface area contributed by atoms with Gasteiger partial charge in [-0.15, -0.1) is 0 Å². The molecule has 1 heterocycles. The van der Waals surface area contributed by atoms with E-state index in [1.807, 2.05) is 18.2 Å². The van der Waals surface area contributed by atoms with Gasteiger partial charge in [-0.05, 0) is 29.3 Å². The Morgan fingerprint density at radius 2 is 1.55 bits per heavy atom. The SMILES string of the molecule is O=C(CCNS(=O)(=O)/C=C/c1ccccc1)NCCC(=O)NCc1ccncc1. The lowest BCUT2D eigenvalue weighted by Gasteiger charge is -2.07. The summed E-state index contributed by atoms with van der Waals surface area (Å²) in [5, 5.41) is 6.40. The molecule has 1 aromatic heterocycles. The number of carbonyl (C=O) groups excluding carboxylic acids is 2. The summed E-state index contributed by atoms with van der Waals surface area (Å²) < 4.78 is 26.1. The normalized spacial score (nSPS) is 11.3. The van der Waals surface area contributed by atoms with Crippen LogP contribution in [0.1, 0.15) is 24.0 Å². The summed E-state index contributed by atoms with van der Waals surface area (Å²) in [4.78, 5) is 27.4. The number of carbonyl (C=O) groups is 2. The molecule has 0 spiro atoms. The fourth-order valence-electron chi connectivity index (χ4n) is 2.28. The van der Waals surface area contributed by atoms with E-state index in [1.165, 1.54) is 6.08 Å². The van der Waals surface area contributed by atoms with Crippen LogP contribution in [0.5, 0.6) is 0 Å². The van der Waals surface area contributed by atoms with Crippen LogP contribution in [0, 0.1) is 0 Å². The fraction of sp³-hybridized carbons (Fsp3) is 0.250. The van der Waals surface area contributed by atoms with E-state index in [9.17, 15) is 18.0 Å². The van der Waals surface area contributed by atoms with Crippen LogP contribution < -0.4 is 15.4 Å². The standard InChI is InChI=1S/C20H24N4O4S/c25-19(22-13-8-20(26)23-16-18-6-11-21-12-7-18)9-14-24-29(27,28)15-10-17-4-2-1-3-5-17/h1-7,10-12,15,24H,8-9,13-14,16H2,(H,22,25)(H,23,26)/b15-10+. The number of aromatic nitrogens is 1. The third-order valence-corrected chi connectivity index (χ3v) is 4.91. The first kappa shape index (κ1) is 22.3. The van der Waals surface area contributed by atoms with E-state index in [1.54, 1.807) is 36.7 Å². The number of amides is 2. The van der Waals surface area contributed by atoms with Gasteiger partial charge in [0.2, 0.25) is 21.8 Å². The molecule has 0 saturated heterocycles. The minimum atomic E-state index is -3.62. The number of nitrogens with one attached hydrogen (secondary N) is 3. The Kier molecular flexibility index (Phi) is 9.00. The molecule has 0 aliphatic rings. The van der Waals surface area contributed by atoms with Crippen LogP contribution in [0.25, 0.3) is 6.08 Å². The van der Waals surface area contributed by atoms with E-state index in [2.05, 4.69) is 20.3 Å². The van der Waals surface area contributed by atoms with Gasteiger partial charge in [-0.3, -0.25) is 14.6 Å². The molecule has 0 radical (unpaired) electrons. The van der Waals surface area contributed by atoms with Crippen molar-refractivity contribution in [1.82, 2.24) is 20.3 Å². The molecule has 154 valence electrons. The highest BCUT2D eigenvalue weighted by Crippen LogP contribution is 2.02. The van der Waals surface area contributed by atoms with Crippen LogP contribution in [0.4, 0.5) is 0 Å². The Hall–Kier alpha value is -3.04. The van der Waals surface area contributed by atoms with E-state index in [4.69, 9.17) is 0 Å². The summed E-state index contributed by atoms with van der Waals surface area (Å²) in [6.45, 7) is 0.552. The Morgan fingerprint density at radius 1 is 0.897 bits per heavy atom. The summed E-state index contributed by atoms with van der Waals surface area (Å²) in [6, 6.07) is 12.6. The number of rotatable bonds is 11. The van der Waals surface area contributed by atoms with E-state index < -0.39 is 10.0 Å². The summed E-state index contributed by atoms with van der Waals surface area (Å²) in [7, 11) is -3.62. The fourth-order valence-corrected chi connectivity index (χ4v) is 3.10. The van der Waals surface area contributed by atoms with Gasteiger partial charge in [-0.2, -0.15) is 0 Å². The molecule has 8 nitrogen and oxygen atoms in total. The first-order chi connectivity index (χ1) is 13.9. The first-order valence-corrected chi connectivity index (χ1v) is 10.6. The molecule has 0 aliphatic carbocycles. The predicted octanol–water partition coefficient (Wildman–Crippen LogP) is 1.18. The highest BCUT2D eigenvalue weighted by atomic mass is 32.2. The van der Waals surface area contributed by atoms with Crippen LogP contribution in [0.3, 0.4) is 0 Å². The van der Waals surface area contributed by atoms with Gasteiger partial charge < -0.3 is 10.6 Å². The van der Waals surface area contributed by atoms with Crippen LogP contribution in [-0.4, -0.2) is 38.3 Å². The lowest BCUT2D eigenvalue weighted by Crippen LogP contribution is -2.33. The zero-order valence-corrected chi connectivity index (χ0v) is 16.7. The van der Waals surface area contributed by atoms with E-state index in [-0.39, 0.29) is 37.7 Å². The summed E-state index contributed by atoms with van der Waals surface area (Å²) in [6.07, 6.45) is 4.90. The second-order valence-electron chi connectivity index (χ2n) is 6.13. The minimum Gasteiger partial charge on any atom is -0.356 e. The maximum Gasteiger partial charge on any atom is 0.233 e. The maximum absolute atomic E-state index is 11.9. The summed E-state index contributed by atoms with van der Waals surface area (Å²) in [5.74, 6) is -0.518. The molecule has 3 N–H and O–H groups in total. The molecule has 0 fully saturated rings. The third-order valence-electron chi connectivity index (χ3n) is 3.81. The van der Waals surface area contributed by atoms with Gasteiger partial charge in [0, 0.05) is 50.3 Å².